The van der Waals surface area contributed by atoms with Gasteiger partial charge in [-0.25, -0.2) is 17.5 Å². The molecule has 136 valence electrons. The molecule has 0 unspecified atom stereocenters. The van der Waals surface area contributed by atoms with Crippen molar-refractivity contribution in [2.45, 2.75) is 37.8 Å². The molecule has 1 rings (SSSR count). The smallest absolute Gasteiger partial charge is 0.315 e. The maximum absolute atomic E-state index is 12.3. The van der Waals surface area contributed by atoms with Gasteiger partial charge in [-0.2, -0.15) is 0 Å². The largest absolute Gasteiger partial charge is 0.379 e. The van der Waals surface area contributed by atoms with Crippen molar-refractivity contribution in [3.05, 3.63) is 29.8 Å². The van der Waals surface area contributed by atoms with E-state index in [4.69, 9.17) is 4.74 Å². The third kappa shape index (κ3) is 6.46. The molecule has 1 aromatic carbocycles. The Morgan fingerprint density at radius 1 is 1.21 bits per heavy atom. The number of ether oxygens (including phenoxy) is 1. The van der Waals surface area contributed by atoms with Crippen LogP contribution in [0.1, 0.15) is 25.8 Å². The Morgan fingerprint density at radius 2 is 1.88 bits per heavy atom. The average molecular weight is 357 g/mol. The molecule has 0 aliphatic heterocycles. The van der Waals surface area contributed by atoms with E-state index in [2.05, 4.69) is 10.6 Å². The van der Waals surface area contributed by atoms with Gasteiger partial charge in [0.05, 0.1) is 11.0 Å². The summed E-state index contributed by atoms with van der Waals surface area (Å²) in [5.74, 6) is 0. The molecule has 8 heteroatoms. The summed E-state index contributed by atoms with van der Waals surface area (Å²) >= 11 is 0. The molecule has 2 N–H and O–H groups in total. The summed E-state index contributed by atoms with van der Waals surface area (Å²) < 4.78 is 31.1. The molecular formula is C16H27N3O4S. The van der Waals surface area contributed by atoms with Gasteiger partial charge in [-0.1, -0.05) is 18.2 Å². The number of benzene rings is 1. The lowest BCUT2D eigenvalue weighted by Gasteiger charge is -2.15. The molecule has 0 atom stereocenters. The zero-order chi connectivity index (χ0) is 18.2. The summed E-state index contributed by atoms with van der Waals surface area (Å²) in [4.78, 5) is 12.0. The molecule has 0 bridgehead atoms. The van der Waals surface area contributed by atoms with Crippen molar-refractivity contribution < 1.29 is 17.9 Å². The number of hydrogen-bond donors (Lipinski definition) is 2. The van der Waals surface area contributed by atoms with Gasteiger partial charge in [-0.15, -0.1) is 0 Å². The summed E-state index contributed by atoms with van der Waals surface area (Å²) in [5.41, 5.74) is 0.546. The van der Waals surface area contributed by atoms with Crippen molar-refractivity contribution in [3.63, 3.8) is 0 Å². The maximum Gasteiger partial charge on any atom is 0.315 e. The zero-order valence-electron chi connectivity index (χ0n) is 14.7. The highest BCUT2D eigenvalue weighted by Crippen LogP contribution is 2.18. The molecule has 24 heavy (non-hydrogen) atoms. The van der Waals surface area contributed by atoms with Crippen LogP contribution in [0.4, 0.5) is 4.79 Å². The second-order valence-electron chi connectivity index (χ2n) is 5.78. The number of nitrogens with one attached hydrogen (secondary N) is 2. The van der Waals surface area contributed by atoms with Crippen LogP contribution in [0.5, 0.6) is 0 Å². The van der Waals surface area contributed by atoms with Crippen LogP contribution in [0.15, 0.2) is 29.2 Å². The lowest BCUT2D eigenvalue weighted by molar-refractivity contribution is 0.0774. The van der Waals surface area contributed by atoms with Crippen molar-refractivity contribution in [3.8, 4) is 0 Å². The normalized spacial score (nSPS) is 11.8. The topological polar surface area (TPSA) is 87.7 Å². The summed E-state index contributed by atoms with van der Waals surface area (Å²) in [6.07, 6.45) is 0.894. The maximum atomic E-state index is 12.3. The quantitative estimate of drug-likeness (QED) is 0.657. The van der Waals surface area contributed by atoms with Crippen LogP contribution in [-0.4, -0.2) is 52.1 Å². The van der Waals surface area contributed by atoms with Gasteiger partial charge in [0, 0.05) is 33.8 Å². The first kappa shape index (κ1) is 20.4. The van der Waals surface area contributed by atoms with Crippen LogP contribution < -0.4 is 10.6 Å². The number of rotatable bonds is 9. The molecule has 0 fully saturated rings. The van der Waals surface area contributed by atoms with Gasteiger partial charge in [-0.3, -0.25) is 0 Å². The highest BCUT2D eigenvalue weighted by molar-refractivity contribution is 7.89. The van der Waals surface area contributed by atoms with E-state index < -0.39 is 10.0 Å². The number of amides is 2. The van der Waals surface area contributed by atoms with Crippen molar-refractivity contribution >= 4 is 16.1 Å². The molecular weight excluding hydrogens is 330 g/mol. The fraction of sp³-hybridized carbons (Fsp3) is 0.562. The fourth-order valence-corrected chi connectivity index (χ4v) is 3.04. The predicted molar refractivity (Wildman–Crippen MR) is 93.3 cm³/mol. The Balaban J connectivity index is 2.52. The summed E-state index contributed by atoms with van der Waals surface area (Å²) in [6.45, 7) is 5.13. The summed E-state index contributed by atoms with van der Waals surface area (Å²) in [5, 5.41) is 5.39. The highest BCUT2D eigenvalue weighted by Gasteiger charge is 2.20. The average Bonchev–Trinajstić information content (AvgIpc) is 2.52. The third-order valence-electron chi connectivity index (χ3n) is 3.23. The second-order valence-corrected chi connectivity index (χ2v) is 7.90. The Bertz CT molecular complexity index is 630. The minimum atomic E-state index is -3.54. The van der Waals surface area contributed by atoms with Crippen LogP contribution in [0.25, 0.3) is 0 Å². The van der Waals surface area contributed by atoms with Gasteiger partial charge in [0.15, 0.2) is 0 Å². The molecule has 0 saturated heterocycles. The molecule has 0 saturated carbocycles. The van der Waals surface area contributed by atoms with Gasteiger partial charge < -0.3 is 15.4 Å². The minimum absolute atomic E-state index is 0.136. The third-order valence-corrected chi connectivity index (χ3v) is 5.14. The number of hydrogen-bond acceptors (Lipinski definition) is 4. The van der Waals surface area contributed by atoms with E-state index in [1.165, 1.54) is 20.2 Å². The van der Waals surface area contributed by atoms with E-state index in [-0.39, 0.29) is 23.6 Å². The Morgan fingerprint density at radius 3 is 2.50 bits per heavy atom. The molecule has 0 radical (unpaired) electrons. The summed E-state index contributed by atoms with van der Waals surface area (Å²) in [7, 11) is -0.588. The lowest BCUT2D eigenvalue weighted by atomic mass is 10.2. The van der Waals surface area contributed by atoms with Gasteiger partial charge in [0.1, 0.15) is 0 Å². The zero-order valence-corrected chi connectivity index (χ0v) is 15.5. The predicted octanol–water partition coefficient (Wildman–Crippen LogP) is 1.55. The first-order valence-electron chi connectivity index (χ1n) is 7.89. The van der Waals surface area contributed by atoms with E-state index in [0.29, 0.717) is 18.7 Å². The molecule has 0 aromatic heterocycles. The SMILES string of the molecule is CC(C)OCCCNC(=O)NCc1ccccc1S(=O)(=O)N(C)C. The first-order chi connectivity index (χ1) is 11.2. The molecule has 0 aliphatic rings. The monoisotopic (exact) mass is 357 g/mol. The van der Waals surface area contributed by atoms with E-state index in [1.54, 1.807) is 18.2 Å². The van der Waals surface area contributed by atoms with Crippen LogP contribution in [0.3, 0.4) is 0 Å². The van der Waals surface area contributed by atoms with E-state index in [0.717, 1.165) is 10.7 Å². The van der Waals surface area contributed by atoms with Crippen LogP contribution in [0, 0.1) is 0 Å². The van der Waals surface area contributed by atoms with Gasteiger partial charge in [-0.05, 0) is 31.9 Å². The number of urea groups is 1. The Kier molecular flexibility index (Phi) is 8.17. The molecule has 0 heterocycles. The fourth-order valence-electron chi connectivity index (χ4n) is 1.93. The van der Waals surface area contributed by atoms with Crippen molar-refractivity contribution in [2.75, 3.05) is 27.2 Å². The van der Waals surface area contributed by atoms with Crippen molar-refractivity contribution in [2.24, 2.45) is 0 Å². The van der Waals surface area contributed by atoms with Gasteiger partial charge in [0.25, 0.3) is 0 Å². The second kappa shape index (κ2) is 9.61. The highest BCUT2D eigenvalue weighted by atomic mass is 32.2. The minimum Gasteiger partial charge on any atom is -0.379 e. The van der Waals surface area contributed by atoms with Crippen LogP contribution in [-0.2, 0) is 21.3 Å². The number of carbonyl (C=O) groups is 1. The van der Waals surface area contributed by atoms with Crippen LogP contribution >= 0.6 is 0 Å². The molecule has 1 aromatic rings. The van der Waals surface area contributed by atoms with E-state index >= 15 is 0 Å². The van der Waals surface area contributed by atoms with Gasteiger partial charge >= 0.3 is 6.03 Å². The van der Waals surface area contributed by atoms with Crippen molar-refractivity contribution in [1.29, 1.82) is 0 Å². The summed E-state index contributed by atoms with van der Waals surface area (Å²) in [6, 6.07) is 6.29. The molecule has 2 amide bonds. The number of carbonyl (C=O) groups excluding carboxylic acids is 1. The molecule has 7 nitrogen and oxygen atoms in total. The first-order valence-corrected chi connectivity index (χ1v) is 9.33. The van der Waals surface area contributed by atoms with E-state index in [1.807, 2.05) is 13.8 Å². The number of nitrogens with zero attached hydrogens (tertiary/aromatic N) is 1. The van der Waals surface area contributed by atoms with Crippen LogP contribution in [0.2, 0.25) is 0 Å². The van der Waals surface area contributed by atoms with Crippen molar-refractivity contribution in [1.82, 2.24) is 14.9 Å². The number of sulfonamides is 1. The molecule has 0 aliphatic carbocycles. The molecule has 0 spiro atoms. The lowest BCUT2D eigenvalue weighted by Crippen LogP contribution is -2.36. The van der Waals surface area contributed by atoms with E-state index in [9.17, 15) is 13.2 Å². The van der Waals surface area contributed by atoms with Gasteiger partial charge in [0.2, 0.25) is 10.0 Å². The Labute approximate surface area is 144 Å². The standard InChI is InChI=1S/C16H27N3O4S/c1-13(2)23-11-7-10-17-16(20)18-12-14-8-5-6-9-15(14)24(21,22)19(3)4/h5-6,8-9,13H,7,10-12H2,1-4H3,(H2,17,18,20). The Hall–Kier alpha value is -1.64.